The molecule has 5 N–H and O–H groups in total. The minimum atomic E-state index is -1.55. The van der Waals surface area contributed by atoms with E-state index in [0.717, 1.165) is 0 Å². The second kappa shape index (κ2) is 9.31. The first-order valence-electron chi connectivity index (χ1n) is 8.24. The Morgan fingerprint density at radius 3 is 2.19 bits per heavy atom. The molecular weight excluding hydrogens is 364 g/mol. The molecule has 1 aliphatic heterocycles. The quantitative estimate of drug-likeness (QED) is 0.343. The molecule has 1 aromatic rings. The van der Waals surface area contributed by atoms with Crippen molar-refractivity contribution < 1.29 is 49.3 Å². The Bertz CT molecular complexity index is 622. The summed E-state index contributed by atoms with van der Waals surface area (Å²) in [6.07, 6.45) is -7.07. The molecule has 0 amide bonds. The summed E-state index contributed by atoms with van der Waals surface area (Å²) in [6.45, 7) is -0.732. The fourth-order valence-corrected chi connectivity index (χ4v) is 2.67. The van der Waals surface area contributed by atoms with Crippen LogP contribution in [0.1, 0.15) is 16.8 Å². The van der Waals surface area contributed by atoms with Gasteiger partial charge in [-0.3, -0.25) is 4.79 Å². The molecule has 5 atom stereocenters. The van der Waals surface area contributed by atoms with E-state index in [1.807, 2.05) is 0 Å². The molecule has 0 spiro atoms. The largest absolute Gasteiger partial charge is 0.502 e. The number of aromatic hydroxyl groups is 1. The molecule has 2 rings (SSSR count). The van der Waals surface area contributed by atoms with Crippen molar-refractivity contribution in [3.63, 3.8) is 0 Å². The second-order valence-corrected chi connectivity index (χ2v) is 5.97. The number of methoxy groups -OCH3 is 2. The highest BCUT2D eigenvalue weighted by molar-refractivity contribution is 5.97. The van der Waals surface area contributed by atoms with Gasteiger partial charge in [-0.25, -0.2) is 0 Å². The summed E-state index contributed by atoms with van der Waals surface area (Å²) in [5.74, 6) is -0.426. The number of phenolic OH excluding ortho intramolecular Hbond substituents is 1. The van der Waals surface area contributed by atoms with Gasteiger partial charge < -0.3 is 44.5 Å². The van der Waals surface area contributed by atoms with E-state index in [-0.39, 0.29) is 41.6 Å². The van der Waals surface area contributed by atoms with Crippen LogP contribution in [0.2, 0.25) is 0 Å². The van der Waals surface area contributed by atoms with Gasteiger partial charge in [0.25, 0.3) is 0 Å². The van der Waals surface area contributed by atoms with Crippen LogP contribution < -0.4 is 9.47 Å². The predicted octanol–water partition coefficient (Wildman–Crippen LogP) is -1.20. The number of carbonyl (C=O) groups excluding carboxylic acids is 1. The number of aliphatic hydroxyl groups excluding tert-OH is 4. The SMILES string of the molecule is COc1cc(C(=O)CCO[C@@H]2O[C@H](CO)[C@@H](O)[C@H](O)[C@H]2O)cc(OC)c1O. The number of hydrogen-bond donors (Lipinski definition) is 5. The van der Waals surface area contributed by atoms with Crippen LogP contribution in [0.15, 0.2) is 12.1 Å². The number of benzene rings is 1. The summed E-state index contributed by atoms with van der Waals surface area (Å²) >= 11 is 0. The smallest absolute Gasteiger partial charge is 0.200 e. The van der Waals surface area contributed by atoms with Crippen LogP contribution in [0.25, 0.3) is 0 Å². The maximum atomic E-state index is 12.3. The van der Waals surface area contributed by atoms with Gasteiger partial charge in [0.1, 0.15) is 24.4 Å². The van der Waals surface area contributed by atoms with Crippen LogP contribution in [0.4, 0.5) is 0 Å². The van der Waals surface area contributed by atoms with Crippen molar-refractivity contribution in [1.29, 1.82) is 0 Å². The lowest BCUT2D eigenvalue weighted by molar-refractivity contribution is -0.300. The fourth-order valence-electron chi connectivity index (χ4n) is 2.67. The molecule has 1 aromatic carbocycles. The zero-order valence-corrected chi connectivity index (χ0v) is 14.9. The first-order chi connectivity index (χ1) is 12.8. The maximum absolute atomic E-state index is 12.3. The van der Waals surface area contributed by atoms with Crippen LogP contribution in [0, 0.1) is 0 Å². The number of ether oxygens (including phenoxy) is 4. The summed E-state index contributed by atoms with van der Waals surface area (Å²) < 4.78 is 20.5. The predicted molar refractivity (Wildman–Crippen MR) is 89.9 cm³/mol. The molecule has 0 aliphatic carbocycles. The Morgan fingerprint density at radius 1 is 1.07 bits per heavy atom. The first kappa shape index (κ1) is 21.4. The Kier molecular flexibility index (Phi) is 7.36. The number of rotatable bonds is 8. The van der Waals surface area contributed by atoms with Gasteiger partial charge in [0.2, 0.25) is 5.75 Å². The van der Waals surface area contributed by atoms with Crippen molar-refractivity contribution >= 4 is 5.78 Å². The van der Waals surface area contributed by atoms with E-state index in [9.17, 15) is 25.2 Å². The maximum Gasteiger partial charge on any atom is 0.200 e. The molecule has 0 saturated carbocycles. The topological polar surface area (TPSA) is 155 Å². The van der Waals surface area contributed by atoms with E-state index in [2.05, 4.69) is 0 Å². The molecule has 152 valence electrons. The zero-order chi connectivity index (χ0) is 20.1. The molecule has 10 heteroatoms. The van der Waals surface area contributed by atoms with Crippen LogP contribution in [-0.2, 0) is 9.47 Å². The molecular formula is C17H24O10. The molecule has 0 unspecified atom stereocenters. The van der Waals surface area contributed by atoms with Gasteiger partial charge in [-0.2, -0.15) is 0 Å². The third-order valence-electron chi connectivity index (χ3n) is 4.26. The van der Waals surface area contributed by atoms with Gasteiger partial charge in [0.15, 0.2) is 23.6 Å². The molecule has 0 radical (unpaired) electrons. The molecule has 10 nitrogen and oxygen atoms in total. The fraction of sp³-hybridized carbons (Fsp3) is 0.588. The number of ketones is 1. The third-order valence-corrected chi connectivity index (χ3v) is 4.26. The van der Waals surface area contributed by atoms with E-state index >= 15 is 0 Å². The molecule has 27 heavy (non-hydrogen) atoms. The molecule has 1 heterocycles. The summed E-state index contributed by atoms with van der Waals surface area (Å²) in [6, 6.07) is 2.71. The average Bonchev–Trinajstić information content (AvgIpc) is 2.67. The summed E-state index contributed by atoms with van der Waals surface area (Å²) in [5.41, 5.74) is 0.221. The van der Waals surface area contributed by atoms with Crippen molar-refractivity contribution in [2.24, 2.45) is 0 Å². The molecule has 1 aliphatic rings. The molecule has 1 fully saturated rings. The lowest BCUT2D eigenvalue weighted by Crippen LogP contribution is -2.59. The van der Waals surface area contributed by atoms with Crippen molar-refractivity contribution in [2.45, 2.75) is 37.1 Å². The summed E-state index contributed by atoms with van der Waals surface area (Å²) in [7, 11) is 2.68. The Hall–Kier alpha value is -1.95. The summed E-state index contributed by atoms with van der Waals surface area (Å²) in [5, 5.41) is 48.3. The number of aliphatic hydroxyl groups is 4. The Morgan fingerprint density at radius 2 is 1.67 bits per heavy atom. The van der Waals surface area contributed by atoms with Gasteiger partial charge in [0.05, 0.1) is 27.4 Å². The Balaban J connectivity index is 1.98. The first-order valence-corrected chi connectivity index (χ1v) is 8.24. The van der Waals surface area contributed by atoms with Gasteiger partial charge >= 0.3 is 0 Å². The van der Waals surface area contributed by atoms with Crippen molar-refractivity contribution in [2.75, 3.05) is 27.4 Å². The van der Waals surface area contributed by atoms with Crippen LogP contribution >= 0.6 is 0 Å². The van der Waals surface area contributed by atoms with Crippen molar-refractivity contribution in [3.05, 3.63) is 17.7 Å². The third kappa shape index (κ3) is 4.67. The molecule has 0 aromatic heterocycles. The van der Waals surface area contributed by atoms with Crippen LogP contribution in [0.5, 0.6) is 17.2 Å². The number of carbonyl (C=O) groups is 1. The number of phenols is 1. The van der Waals surface area contributed by atoms with Crippen LogP contribution in [-0.4, -0.2) is 89.5 Å². The molecule has 1 saturated heterocycles. The van der Waals surface area contributed by atoms with Gasteiger partial charge in [-0.1, -0.05) is 0 Å². The number of Topliss-reactive ketones (excluding diaryl/α,β-unsaturated/α-hetero) is 1. The van der Waals surface area contributed by atoms with Crippen LogP contribution in [0.3, 0.4) is 0 Å². The standard InChI is InChI=1S/C17H24O10/c1-24-10-5-8(6-11(25-2)13(10)20)9(19)3-4-26-17-16(23)15(22)14(21)12(7-18)27-17/h5-6,12,14-18,20-23H,3-4,7H2,1-2H3/t12-,14-,15+,16-,17-/m1/s1. The van der Waals surface area contributed by atoms with Gasteiger partial charge in [-0.15, -0.1) is 0 Å². The normalized spacial score (nSPS) is 28.0. The zero-order valence-electron chi connectivity index (χ0n) is 14.9. The average molecular weight is 388 g/mol. The van der Waals surface area contributed by atoms with Gasteiger partial charge in [0, 0.05) is 12.0 Å². The minimum absolute atomic E-state index is 0.0764. The second-order valence-electron chi connectivity index (χ2n) is 5.97. The highest BCUT2D eigenvalue weighted by Crippen LogP contribution is 2.37. The van der Waals surface area contributed by atoms with E-state index in [1.54, 1.807) is 0 Å². The lowest BCUT2D eigenvalue weighted by atomic mass is 9.99. The Labute approximate surface area is 155 Å². The van der Waals surface area contributed by atoms with Crippen molar-refractivity contribution in [3.8, 4) is 17.2 Å². The van der Waals surface area contributed by atoms with E-state index in [4.69, 9.17) is 24.1 Å². The van der Waals surface area contributed by atoms with E-state index in [0.29, 0.717) is 0 Å². The van der Waals surface area contributed by atoms with E-state index in [1.165, 1.54) is 26.4 Å². The van der Waals surface area contributed by atoms with E-state index < -0.39 is 37.3 Å². The summed E-state index contributed by atoms with van der Waals surface area (Å²) in [4.78, 5) is 12.3. The number of hydrogen-bond acceptors (Lipinski definition) is 10. The highest BCUT2D eigenvalue weighted by Gasteiger charge is 2.43. The lowest BCUT2D eigenvalue weighted by Gasteiger charge is -2.39. The van der Waals surface area contributed by atoms with Crippen molar-refractivity contribution in [1.82, 2.24) is 0 Å². The monoisotopic (exact) mass is 388 g/mol. The highest BCUT2D eigenvalue weighted by atomic mass is 16.7. The van der Waals surface area contributed by atoms with Gasteiger partial charge in [-0.05, 0) is 12.1 Å². The molecule has 0 bridgehead atoms. The minimum Gasteiger partial charge on any atom is -0.502 e.